The summed E-state index contributed by atoms with van der Waals surface area (Å²) in [6, 6.07) is 14.2. The number of rotatable bonds is 8. The van der Waals surface area contributed by atoms with Crippen molar-refractivity contribution in [3.8, 4) is 11.5 Å². The van der Waals surface area contributed by atoms with E-state index in [1.165, 1.54) is 19.3 Å². The van der Waals surface area contributed by atoms with Crippen LogP contribution in [-0.2, 0) is 0 Å². The number of hydrogen-bond donors (Lipinski definition) is 1. The fourth-order valence-electron chi connectivity index (χ4n) is 1.96. The third-order valence-corrected chi connectivity index (χ3v) is 3.23. The predicted octanol–water partition coefficient (Wildman–Crippen LogP) is 5.77. The zero-order valence-corrected chi connectivity index (χ0v) is 12.9. The number of hydrogen-bond acceptors (Lipinski definition) is 4. The van der Waals surface area contributed by atoms with Gasteiger partial charge in [0.2, 0.25) is 0 Å². The maximum Gasteiger partial charge on any atom is 0.119 e. The molecule has 0 atom stereocenters. The van der Waals surface area contributed by atoms with Crippen LogP contribution in [0.3, 0.4) is 0 Å². The van der Waals surface area contributed by atoms with E-state index >= 15 is 0 Å². The van der Waals surface area contributed by atoms with Crippen LogP contribution in [0.1, 0.15) is 32.6 Å². The van der Waals surface area contributed by atoms with Crippen LogP contribution in [0.5, 0.6) is 11.5 Å². The van der Waals surface area contributed by atoms with Crippen LogP contribution < -0.4 is 4.74 Å². The molecule has 0 amide bonds. The number of ether oxygens (including phenoxy) is 1. The molecule has 4 nitrogen and oxygen atoms in total. The quantitative estimate of drug-likeness (QED) is 0.497. The molecule has 1 N–H and O–H groups in total. The summed E-state index contributed by atoms with van der Waals surface area (Å²) in [6.07, 6.45) is 4.81. The smallest absolute Gasteiger partial charge is 0.119 e. The lowest BCUT2D eigenvalue weighted by Crippen LogP contribution is -1.96. The second-order valence-corrected chi connectivity index (χ2v) is 5.12. The molecule has 0 unspecified atom stereocenters. The minimum absolute atomic E-state index is 0.222. The average molecular weight is 298 g/mol. The van der Waals surface area contributed by atoms with Gasteiger partial charge in [0.15, 0.2) is 0 Å². The molecule has 0 spiro atoms. The first-order valence-corrected chi connectivity index (χ1v) is 7.71. The molecule has 116 valence electrons. The Morgan fingerprint density at radius 3 is 2.00 bits per heavy atom. The van der Waals surface area contributed by atoms with Crippen molar-refractivity contribution < 1.29 is 9.84 Å². The number of azo groups is 1. The van der Waals surface area contributed by atoms with Crippen LogP contribution in [0.15, 0.2) is 58.8 Å². The van der Waals surface area contributed by atoms with Gasteiger partial charge >= 0.3 is 0 Å². The summed E-state index contributed by atoms with van der Waals surface area (Å²) in [6.45, 7) is 2.96. The number of nitrogens with zero attached hydrogens (tertiary/aromatic N) is 2. The molecule has 0 aromatic heterocycles. The van der Waals surface area contributed by atoms with Crippen molar-refractivity contribution >= 4 is 11.4 Å². The Morgan fingerprint density at radius 2 is 1.41 bits per heavy atom. The molecule has 4 heteroatoms. The first-order valence-electron chi connectivity index (χ1n) is 7.71. The molecule has 22 heavy (non-hydrogen) atoms. The molecule has 0 bridgehead atoms. The van der Waals surface area contributed by atoms with E-state index in [4.69, 9.17) is 4.74 Å². The highest BCUT2D eigenvalue weighted by molar-refractivity contribution is 5.43. The number of phenolic OH excluding ortho intramolecular Hbond substituents is 1. The van der Waals surface area contributed by atoms with E-state index in [-0.39, 0.29) is 5.75 Å². The van der Waals surface area contributed by atoms with E-state index in [1.807, 2.05) is 24.3 Å². The normalized spacial score (nSPS) is 11.0. The third-order valence-electron chi connectivity index (χ3n) is 3.23. The van der Waals surface area contributed by atoms with Gasteiger partial charge in [0.05, 0.1) is 18.0 Å². The van der Waals surface area contributed by atoms with Crippen molar-refractivity contribution in [2.45, 2.75) is 32.6 Å². The summed E-state index contributed by atoms with van der Waals surface area (Å²) in [4.78, 5) is 0. The fourth-order valence-corrected chi connectivity index (χ4v) is 1.96. The highest BCUT2D eigenvalue weighted by atomic mass is 16.5. The van der Waals surface area contributed by atoms with Gasteiger partial charge in [0.1, 0.15) is 11.5 Å². The van der Waals surface area contributed by atoms with Gasteiger partial charge in [0, 0.05) is 0 Å². The molecule has 0 saturated carbocycles. The fraction of sp³-hybridized carbons (Fsp3) is 0.333. The molecule has 2 aromatic carbocycles. The van der Waals surface area contributed by atoms with Gasteiger partial charge in [-0.25, -0.2) is 0 Å². The zero-order chi connectivity index (χ0) is 15.6. The Bertz CT molecular complexity index is 577. The van der Waals surface area contributed by atoms with Crippen LogP contribution in [0.25, 0.3) is 0 Å². The van der Waals surface area contributed by atoms with Gasteiger partial charge in [-0.1, -0.05) is 26.2 Å². The number of benzene rings is 2. The molecule has 0 saturated heterocycles. The van der Waals surface area contributed by atoms with Crippen molar-refractivity contribution in [1.29, 1.82) is 0 Å². The number of phenols is 1. The largest absolute Gasteiger partial charge is 0.508 e. The molecule has 2 aromatic rings. The van der Waals surface area contributed by atoms with Crippen LogP contribution in [0, 0.1) is 0 Å². The Hall–Kier alpha value is -2.36. The van der Waals surface area contributed by atoms with Crippen molar-refractivity contribution in [2.75, 3.05) is 6.61 Å². The molecule has 0 aliphatic carbocycles. The number of aromatic hydroxyl groups is 1. The summed E-state index contributed by atoms with van der Waals surface area (Å²) >= 11 is 0. The van der Waals surface area contributed by atoms with E-state index in [0.29, 0.717) is 5.69 Å². The topological polar surface area (TPSA) is 54.2 Å². The SMILES string of the molecule is CCCCCCOc1ccc(/N=N/c2ccc(O)cc2)cc1. The maximum atomic E-state index is 9.20. The van der Waals surface area contributed by atoms with Crippen molar-refractivity contribution in [3.05, 3.63) is 48.5 Å². The van der Waals surface area contributed by atoms with E-state index < -0.39 is 0 Å². The highest BCUT2D eigenvalue weighted by Crippen LogP contribution is 2.22. The van der Waals surface area contributed by atoms with E-state index in [9.17, 15) is 5.11 Å². The van der Waals surface area contributed by atoms with E-state index in [0.717, 1.165) is 24.5 Å². The Balaban J connectivity index is 1.82. The average Bonchev–Trinajstić information content (AvgIpc) is 2.55. The summed E-state index contributed by atoms with van der Waals surface area (Å²) in [5.41, 5.74) is 1.47. The van der Waals surface area contributed by atoms with Crippen molar-refractivity contribution in [3.63, 3.8) is 0 Å². The lowest BCUT2D eigenvalue weighted by atomic mass is 10.2. The second kappa shape index (κ2) is 8.82. The van der Waals surface area contributed by atoms with Gasteiger partial charge in [-0.15, -0.1) is 0 Å². The van der Waals surface area contributed by atoms with Crippen molar-refractivity contribution in [2.24, 2.45) is 10.2 Å². The third kappa shape index (κ3) is 5.56. The van der Waals surface area contributed by atoms with Gasteiger partial charge in [-0.3, -0.25) is 0 Å². The molecular weight excluding hydrogens is 276 g/mol. The highest BCUT2D eigenvalue weighted by Gasteiger charge is 1.96. The maximum absolute atomic E-state index is 9.20. The summed E-state index contributed by atoms with van der Waals surface area (Å²) < 4.78 is 5.68. The van der Waals surface area contributed by atoms with Gasteiger partial charge in [0.25, 0.3) is 0 Å². The summed E-state index contributed by atoms with van der Waals surface area (Å²) in [7, 11) is 0. The van der Waals surface area contributed by atoms with Crippen LogP contribution in [0.4, 0.5) is 11.4 Å². The lowest BCUT2D eigenvalue weighted by molar-refractivity contribution is 0.305. The predicted molar refractivity (Wildman–Crippen MR) is 88.4 cm³/mol. The van der Waals surface area contributed by atoms with Crippen molar-refractivity contribution in [1.82, 2.24) is 0 Å². The molecule has 0 aliphatic heterocycles. The van der Waals surface area contributed by atoms with Gasteiger partial charge in [-0.2, -0.15) is 10.2 Å². The van der Waals surface area contributed by atoms with Crippen LogP contribution in [0.2, 0.25) is 0 Å². The zero-order valence-electron chi connectivity index (χ0n) is 12.9. The standard InChI is InChI=1S/C18H22N2O2/c1-2-3-4-5-14-22-18-12-8-16(9-13-18)20-19-15-6-10-17(21)11-7-15/h6-13,21H,2-5,14H2,1H3/b20-19+. The summed E-state index contributed by atoms with van der Waals surface area (Å²) in [5.74, 6) is 1.08. The first kappa shape index (κ1) is 16.0. The minimum atomic E-state index is 0.222. The number of unbranched alkanes of at least 4 members (excludes halogenated alkanes) is 3. The van der Waals surface area contributed by atoms with E-state index in [2.05, 4.69) is 17.2 Å². The Labute approximate surface area is 131 Å². The first-order chi connectivity index (χ1) is 10.8. The van der Waals surface area contributed by atoms with Crippen LogP contribution in [-0.4, -0.2) is 11.7 Å². The van der Waals surface area contributed by atoms with Gasteiger partial charge in [-0.05, 0) is 55.0 Å². The molecule has 0 heterocycles. The molecule has 2 rings (SSSR count). The Kier molecular flexibility index (Phi) is 6.42. The molecular formula is C18H22N2O2. The summed E-state index contributed by atoms with van der Waals surface area (Å²) in [5, 5.41) is 17.5. The molecule has 0 aliphatic rings. The van der Waals surface area contributed by atoms with Crippen LogP contribution >= 0.6 is 0 Å². The molecule has 0 radical (unpaired) electrons. The lowest BCUT2D eigenvalue weighted by Gasteiger charge is -2.05. The van der Waals surface area contributed by atoms with E-state index in [1.54, 1.807) is 24.3 Å². The minimum Gasteiger partial charge on any atom is -0.508 e. The monoisotopic (exact) mass is 298 g/mol. The molecule has 0 fully saturated rings. The second-order valence-electron chi connectivity index (χ2n) is 5.12. The Morgan fingerprint density at radius 1 is 0.818 bits per heavy atom. The van der Waals surface area contributed by atoms with Gasteiger partial charge < -0.3 is 9.84 Å².